The number of amides is 3. The number of carbonyl (C=O) groups is 2. The van der Waals surface area contributed by atoms with Gasteiger partial charge in [-0.25, -0.2) is 7.91 Å². The molecule has 0 aliphatic carbocycles. The molecule has 11 heteroatoms. The van der Waals surface area contributed by atoms with Crippen LogP contribution in [-0.2, 0) is 17.5 Å². The van der Waals surface area contributed by atoms with Crippen molar-refractivity contribution in [1.82, 2.24) is 5.32 Å². The topological polar surface area (TPSA) is 70.7 Å². The van der Waals surface area contributed by atoms with Crippen LogP contribution in [0.2, 0.25) is 0 Å². The van der Waals surface area contributed by atoms with Crippen LogP contribution in [0.1, 0.15) is 23.6 Å². The van der Waals surface area contributed by atoms with Crippen molar-refractivity contribution in [1.29, 1.82) is 0 Å². The highest BCUT2D eigenvalue weighted by molar-refractivity contribution is 14.1. The second-order valence-corrected chi connectivity index (χ2v) is 8.49. The maximum atomic E-state index is 13.0. The van der Waals surface area contributed by atoms with Gasteiger partial charge in [-0.05, 0) is 59.8 Å². The highest BCUT2D eigenvalue weighted by atomic mass is 127. The first-order valence-electron chi connectivity index (χ1n) is 9.00. The number of rotatable bonds is 5. The molecule has 0 radical (unpaired) electrons. The lowest BCUT2D eigenvalue weighted by molar-refractivity contribution is -0.137. The van der Waals surface area contributed by atoms with Crippen molar-refractivity contribution in [3.05, 3.63) is 59.2 Å². The van der Waals surface area contributed by atoms with E-state index in [2.05, 4.69) is 10.6 Å². The van der Waals surface area contributed by atoms with Gasteiger partial charge < -0.3 is 15.4 Å². The van der Waals surface area contributed by atoms with Crippen molar-refractivity contribution >= 4 is 72.3 Å². The minimum absolute atomic E-state index is 0.0473. The first-order valence-corrected chi connectivity index (χ1v) is 11.0. The van der Waals surface area contributed by atoms with Crippen LogP contribution in [0.4, 0.5) is 29.3 Å². The molecule has 2 aromatic carbocycles. The maximum Gasteiger partial charge on any atom is 0.416 e. The number of ether oxygens (including phenoxy) is 1. The average Bonchev–Trinajstić information content (AvgIpc) is 2.70. The Labute approximate surface area is 203 Å². The summed E-state index contributed by atoms with van der Waals surface area (Å²) in [6, 6.07) is 8.11. The summed E-state index contributed by atoms with van der Waals surface area (Å²) >= 11 is 3.76. The molecule has 164 valence electrons. The molecule has 2 aromatic rings. The molecule has 0 bridgehead atoms. The summed E-state index contributed by atoms with van der Waals surface area (Å²) in [4.78, 5) is 24.4. The molecular weight excluding hydrogens is 641 g/mol. The first-order chi connectivity index (χ1) is 14.6. The minimum atomic E-state index is -4.49. The van der Waals surface area contributed by atoms with E-state index < -0.39 is 17.6 Å². The van der Waals surface area contributed by atoms with Crippen LogP contribution in [0.5, 0.6) is 5.75 Å². The quantitative estimate of drug-likeness (QED) is 0.239. The number of hydrogen-bond donors (Lipinski definition) is 2. The van der Waals surface area contributed by atoms with E-state index in [1.807, 2.05) is 45.5 Å². The molecule has 0 saturated heterocycles. The summed E-state index contributed by atoms with van der Waals surface area (Å²) in [6.45, 7) is 2.11. The molecular formula is C20H16F3I2N3O3. The normalized spacial score (nSPS) is 14.1. The van der Waals surface area contributed by atoms with Crippen molar-refractivity contribution in [2.75, 3.05) is 15.0 Å². The van der Waals surface area contributed by atoms with Gasteiger partial charge in [0.05, 0.1) is 40.7 Å². The Kier molecular flexibility index (Phi) is 7.34. The lowest BCUT2D eigenvalue weighted by atomic mass is 10.1. The zero-order chi connectivity index (χ0) is 22.8. The number of carbonyl (C=O) groups excluding carboxylic acids is 2. The van der Waals surface area contributed by atoms with Gasteiger partial charge in [0.2, 0.25) is 5.91 Å². The van der Waals surface area contributed by atoms with Gasteiger partial charge in [-0.15, -0.1) is 0 Å². The van der Waals surface area contributed by atoms with Crippen LogP contribution in [-0.4, -0.2) is 18.5 Å². The number of benzene rings is 2. The molecule has 1 aliphatic heterocycles. The molecule has 3 rings (SSSR count). The second kappa shape index (κ2) is 9.63. The van der Waals surface area contributed by atoms with E-state index in [1.54, 1.807) is 25.1 Å². The highest BCUT2D eigenvalue weighted by Crippen LogP contribution is 2.37. The fraction of sp³-hybridized carbons (Fsp3) is 0.200. The van der Waals surface area contributed by atoms with Crippen molar-refractivity contribution in [2.45, 2.75) is 19.6 Å². The number of nitrogens with one attached hydrogen (secondary N) is 2. The molecule has 2 N–H and O–H groups in total. The maximum absolute atomic E-state index is 13.0. The molecule has 1 aliphatic rings. The fourth-order valence-electron chi connectivity index (χ4n) is 2.94. The zero-order valence-electron chi connectivity index (χ0n) is 16.0. The SMILES string of the molecule is CCOc1cc(C(F)(F)F)ccc1/C(I)=C/C(=O)Nc1cccc2c1CNC(=O)N2I. The summed E-state index contributed by atoms with van der Waals surface area (Å²) in [5.41, 5.74) is 1.50. The van der Waals surface area contributed by atoms with E-state index in [0.29, 0.717) is 20.5 Å². The molecule has 0 fully saturated rings. The molecule has 6 nitrogen and oxygen atoms in total. The van der Waals surface area contributed by atoms with Crippen LogP contribution in [0.3, 0.4) is 0 Å². The number of hydrogen-bond acceptors (Lipinski definition) is 3. The van der Waals surface area contributed by atoms with E-state index in [4.69, 9.17) is 4.74 Å². The Bertz CT molecular complexity index is 1060. The third-order valence-electron chi connectivity index (χ3n) is 4.34. The van der Waals surface area contributed by atoms with Gasteiger partial charge in [0, 0.05) is 33.0 Å². The Hall–Kier alpha value is -2.03. The summed E-state index contributed by atoms with van der Waals surface area (Å²) in [5, 5.41) is 5.48. The molecule has 0 spiro atoms. The van der Waals surface area contributed by atoms with E-state index in [1.165, 1.54) is 15.3 Å². The van der Waals surface area contributed by atoms with Gasteiger partial charge in [-0.3, -0.25) is 4.79 Å². The third-order valence-corrected chi connectivity index (χ3v) is 6.19. The highest BCUT2D eigenvalue weighted by Gasteiger charge is 2.31. The summed E-state index contributed by atoms with van der Waals surface area (Å²) in [5.74, 6) is -0.414. The van der Waals surface area contributed by atoms with Crippen LogP contribution in [0.25, 0.3) is 3.58 Å². The van der Waals surface area contributed by atoms with Gasteiger partial charge >= 0.3 is 12.2 Å². The van der Waals surface area contributed by atoms with Crippen molar-refractivity contribution in [3.63, 3.8) is 0 Å². The van der Waals surface area contributed by atoms with E-state index in [-0.39, 0.29) is 24.9 Å². The van der Waals surface area contributed by atoms with Crippen molar-refractivity contribution < 1.29 is 27.5 Å². The zero-order valence-corrected chi connectivity index (χ0v) is 20.3. The van der Waals surface area contributed by atoms with Crippen molar-refractivity contribution in [3.8, 4) is 5.75 Å². The number of anilines is 2. The van der Waals surface area contributed by atoms with E-state index in [0.717, 1.165) is 17.7 Å². The molecule has 3 amide bonds. The summed E-state index contributed by atoms with van der Waals surface area (Å²) < 4.78 is 46.3. The lowest BCUT2D eigenvalue weighted by Gasteiger charge is -2.26. The van der Waals surface area contributed by atoms with E-state index in [9.17, 15) is 22.8 Å². The number of fused-ring (bicyclic) bond motifs is 1. The lowest BCUT2D eigenvalue weighted by Crippen LogP contribution is -2.38. The van der Waals surface area contributed by atoms with Crippen LogP contribution in [0, 0.1) is 0 Å². The Morgan fingerprint density at radius 3 is 2.74 bits per heavy atom. The van der Waals surface area contributed by atoms with Gasteiger partial charge in [0.25, 0.3) is 0 Å². The van der Waals surface area contributed by atoms with Gasteiger partial charge in [-0.2, -0.15) is 13.2 Å². The molecule has 0 atom stereocenters. The number of urea groups is 1. The van der Waals surface area contributed by atoms with Gasteiger partial charge in [0.15, 0.2) is 0 Å². The van der Waals surface area contributed by atoms with Crippen molar-refractivity contribution in [2.24, 2.45) is 0 Å². The Morgan fingerprint density at radius 1 is 1.32 bits per heavy atom. The second-order valence-electron chi connectivity index (χ2n) is 6.37. The number of halogens is 5. The first kappa shape index (κ1) is 23.6. The summed E-state index contributed by atoms with van der Waals surface area (Å²) in [7, 11) is 0. The number of nitrogens with zero attached hydrogens (tertiary/aromatic N) is 1. The van der Waals surface area contributed by atoms with Crippen LogP contribution in [0.15, 0.2) is 42.5 Å². The molecule has 0 unspecified atom stereocenters. The fourth-order valence-corrected chi connectivity index (χ4v) is 4.29. The predicted octanol–water partition coefficient (Wildman–Crippen LogP) is 5.90. The Balaban J connectivity index is 1.86. The van der Waals surface area contributed by atoms with E-state index >= 15 is 0 Å². The monoisotopic (exact) mass is 657 g/mol. The smallest absolute Gasteiger partial charge is 0.416 e. The molecule has 1 heterocycles. The molecule has 0 saturated carbocycles. The molecule has 31 heavy (non-hydrogen) atoms. The van der Waals surface area contributed by atoms with Crippen LogP contribution >= 0.6 is 45.5 Å². The predicted molar refractivity (Wildman–Crippen MR) is 128 cm³/mol. The van der Waals surface area contributed by atoms with Gasteiger partial charge in [-0.1, -0.05) is 6.07 Å². The summed E-state index contributed by atoms with van der Waals surface area (Å²) in [6.07, 6.45) is -3.21. The van der Waals surface area contributed by atoms with Crippen LogP contribution < -0.4 is 18.5 Å². The average molecular weight is 657 g/mol. The minimum Gasteiger partial charge on any atom is -0.493 e. The largest absolute Gasteiger partial charge is 0.493 e. The Morgan fingerprint density at radius 2 is 2.06 bits per heavy atom. The molecule has 0 aromatic heterocycles. The third kappa shape index (κ3) is 5.42. The number of alkyl halides is 3. The van der Waals surface area contributed by atoms with Gasteiger partial charge in [0.1, 0.15) is 5.75 Å². The standard InChI is InChI=1S/C20H16F3I2N3O3/c1-2-31-17-8-11(20(21,22)23)6-7-12(17)14(24)9-18(29)27-15-4-3-5-16-13(15)10-26-19(30)28(16)25/h3-9H,2,10H2,1H3,(H,26,30)(H,27,29)/b14-9-.